The van der Waals surface area contributed by atoms with Crippen LogP contribution in [0.2, 0.25) is 0 Å². The Kier molecular flexibility index (Phi) is 4.04. The average Bonchev–Trinajstić information content (AvgIpc) is 2.25. The number of phenolic OH excluding ortho intramolecular Hbond substituents is 1. The molecular weight excluding hydrogens is 246 g/mol. The minimum absolute atomic E-state index is 0.0618. The van der Waals surface area contributed by atoms with E-state index < -0.39 is 11.9 Å². The van der Waals surface area contributed by atoms with Crippen LogP contribution in [0.25, 0.3) is 0 Å². The van der Waals surface area contributed by atoms with Crippen LogP contribution in [0.4, 0.5) is 0 Å². The van der Waals surface area contributed by atoms with Crippen LogP contribution in [-0.2, 0) is 5.41 Å². The number of hydrogen-bond donors (Lipinski definition) is 4. The predicted molar refractivity (Wildman–Crippen MR) is 72.7 cm³/mol. The summed E-state index contributed by atoms with van der Waals surface area (Å²) in [6.07, 6.45) is 0. The Hall–Kier alpha value is -2.24. The zero-order chi connectivity index (χ0) is 14.8. The van der Waals surface area contributed by atoms with Crippen LogP contribution >= 0.6 is 0 Å². The van der Waals surface area contributed by atoms with Crippen molar-refractivity contribution in [1.82, 2.24) is 5.32 Å². The van der Waals surface area contributed by atoms with Crippen molar-refractivity contribution in [3.8, 4) is 11.5 Å². The molecule has 0 spiro atoms. The monoisotopic (exact) mass is 265 g/mol. The summed E-state index contributed by atoms with van der Waals surface area (Å²) in [4.78, 5) is 11.9. The maximum Gasteiger partial charge on any atom is 0.261 e. The second kappa shape index (κ2) is 5.17. The first-order valence-electron chi connectivity index (χ1n) is 5.73. The van der Waals surface area contributed by atoms with Gasteiger partial charge in [-0.25, -0.2) is 0 Å². The molecule has 0 radical (unpaired) electrons. The molecule has 6 nitrogen and oxygen atoms in total. The minimum Gasteiger partial charge on any atom is -0.504 e. The molecule has 0 atom stereocenters. The third kappa shape index (κ3) is 3.37. The molecular formula is C13H19N3O3. The quantitative estimate of drug-likeness (QED) is 0.477. The standard InChI is InChI=1S/C13H19N3O3/c1-13(2,3)7-5-8(11(18)16-12(14)15)10(19-4)9(17)6-7/h5-6,17H,1-4H3,(H4,14,15,16,18). The summed E-state index contributed by atoms with van der Waals surface area (Å²) in [5, 5.41) is 19.2. The molecule has 19 heavy (non-hydrogen) atoms. The Morgan fingerprint density at radius 1 is 1.42 bits per heavy atom. The lowest BCUT2D eigenvalue weighted by molar-refractivity contribution is 0.0972. The van der Waals surface area contributed by atoms with E-state index in [2.05, 4.69) is 5.32 Å². The fraction of sp³-hybridized carbons (Fsp3) is 0.385. The van der Waals surface area contributed by atoms with Crippen molar-refractivity contribution >= 4 is 11.9 Å². The predicted octanol–water partition coefficient (Wildman–Crippen LogP) is 1.32. The van der Waals surface area contributed by atoms with Crippen LogP contribution in [0.3, 0.4) is 0 Å². The molecule has 1 aromatic carbocycles. The van der Waals surface area contributed by atoms with Crippen LogP contribution in [0.15, 0.2) is 12.1 Å². The Morgan fingerprint density at radius 2 is 2.00 bits per heavy atom. The van der Waals surface area contributed by atoms with Gasteiger partial charge in [0.25, 0.3) is 5.91 Å². The summed E-state index contributed by atoms with van der Waals surface area (Å²) in [7, 11) is 1.36. The third-order valence-electron chi connectivity index (χ3n) is 2.63. The van der Waals surface area contributed by atoms with Crippen LogP contribution in [0.1, 0.15) is 36.7 Å². The molecule has 0 saturated carbocycles. The SMILES string of the molecule is COc1c(O)cc(C(C)(C)C)cc1C(=O)NC(=N)N. The number of guanidine groups is 1. The summed E-state index contributed by atoms with van der Waals surface area (Å²) >= 11 is 0. The van der Waals surface area contributed by atoms with Gasteiger partial charge in [0, 0.05) is 0 Å². The van der Waals surface area contributed by atoms with Crippen LogP contribution in [0, 0.1) is 5.41 Å². The maximum atomic E-state index is 11.9. The second-order valence-corrected chi connectivity index (χ2v) is 5.19. The number of carbonyl (C=O) groups is 1. The van der Waals surface area contributed by atoms with Gasteiger partial charge in [-0.15, -0.1) is 0 Å². The van der Waals surface area contributed by atoms with Gasteiger partial charge in [-0.3, -0.25) is 15.5 Å². The molecule has 5 N–H and O–H groups in total. The topological polar surface area (TPSA) is 108 Å². The lowest BCUT2D eigenvalue weighted by Crippen LogP contribution is -2.36. The number of benzene rings is 1. The number of phenols is 1. The highest BCUT2D eigenvalue weighted by Crippen LogP contribution is 2.35. The van der Waals surface area contributed by atoms with Gasteiger partial charge >= 0.3 is 0 Å². The molecule has 104 valence electrons. The molecule has 0 saturated heterocycles. The minimum atomic E-state index is -0.592. The van der Waals surface area contributed by atoms with E-state index in [1.54, 1.807) is 12.1 Å². The molecule has 0 aliphatic carbocycles. The van der Waals surface area contributed by atoms with Crippen molar-refractivity contribution in [1.29, 1.82) is 5.41 Å². The van der Waals surface area contributed by atoms with Crippen molar-refractivity contribution in [2.75, 3.05) is 7.11 Å². The molecule has 0 unspecified atom stereocenters. The molecule has 6 heteroatoms. The molecule has 0 aliphatic heterocycles. The first kappa shape index (κ1) is 14.8. The number of amides is 1. The smallest absolute Gasteiger partial charge is 0.261 e. The van der Waals surface area contributed by atoms with Gasteiger partial charge < -0.3 is 15.6 Å². The first-order chi connectivity index (χ1) is 8.66. The first-order valence-corrected chi connectivity index (χ1v) is 5.73. The molecule has 0 aromatic heterocycles. The van der Waals surface area contributed by atoms with Gasteiger partial charge in [-0.2, -0.15) is 0 Å². The highest BCUT2D eigenvalue weighted by Gasteiger charge is 2.22. The van der Waals surface area contributed by atoms with Gasteiger partial charge in [-0.1, -0.05) is 20.8 Å². The zero-order valence-electron chi connectivity index (χ0n) is 11.5. The van der Waals surface area contributed by atoms with Gasteiger partial charge in [0.15, 0.2) is 17.5 Å². The number of rotatable bonds is 2. The van der Waals surface area contributed by atoms with E-state index >= 15 is 0 Å². The molecule has 1 amide bonds. The fourth-order valence-corrected chi connectivity index (χ4v) is 1.62. The number of methoxy groups -OCH3 is 1. The van der Waals surface area contributed by atoms with Crippen LogP contribution in [0.5, 0.6) is 11.5 Å². The summed E-state index contributed by atoms with van der Waals surface area (Å²) in [6.45, 7) is 5.88. The normalized spacial score (nSPS) is 10.9. The van der Waals surface area contributed by atoms with Crippen LogP contribution in [-0.4, -0.2) is 24.1 Å². The van der Waals surface area contributed by atoms with E-state index in [0.29, 0.717) is 0 Å². The summed E-state index contributed by atoms with van der Waals surface area (Å²) in [5.41, 5.74) is 5.81. The van der Waals surface area contributed by atoms with E-state index in [-0.39, 0.29) is 22.5 Å². The number of ether oxygens (including phenoxy) is 1. The second-order valence-electron chi connectivity index (χ2n) is 5.19. The van der Waals surface area contributed by atoms with Crippen LogP contribution < -0.4 is 15.8 Å². The highest BCUT2D eigenvalue weighted by molar-refractivity contribution is 6.06. The van der Waals surface area contributed by atoms with Gasteiger partial charge in [0.05, 0.1) is 12.7 Å². The van der Waals surface area contributed by atoms with Crippen molar-refractivity contribution < 1.29 is 14.6 Å². The fourth-order valence-electron chi connectivity index (χ4n) is 1.62. The molecule has 0 heterocycles. The molecule has 0 fully saturated rings. The van der Waals surface area contributed by atoms with Gasteiger partial charge in [0.2, 0.25) is 0 Å². The molecule has 1 aromatic rings. The molecule has 1 rings (SSSR count). The maximum absolute atomic E-state index is 11.9. The number of nitrogens with two attached hydrogens (primary N) is 1. The summed E-state index contributed by atoms with van der Waals surface area (Å²) in [6, 6.07) is 3.18. The number of hydrogen-bond acceptors (Lipinski definition) is 4. The average molecular weight is 265 g/mol. The van der Waals surface area contributed by atoms with E-state index in [9.17, 15) is 9.90 Å². The lowest BCUT2D eigenvalue weighted by atomic mass is 9.85. The Balaban J connectivity index is 3.38. The van der Waals surface area contributed by atoms with E-state index in [4.69, 9.17) is 15.9 Å². The Morgan fingerprint density at radius 3 is 2.42 bits per heavy atom. The van der Waals surface area contributed by atoms with Crippen molar-refractivity contribution in [3.63, 3.8) is 0 Å². The van der Waals surface area contributed by atoms with Crippen molar-refractivity contribution in [2.45, 2.75) is 26.2 Å². The van der Waals surface area contributed by atoms with Crippen molar-refractivity contribution in [2.24, 2.45) is 5.73 Å². The van der Waals surface area contributed by atoms with Gasteiger partial charge in [0.1, 0.15) is 0 Å². The van der Waals surface area contributed by atoms with Crippen molar-refractivity contribution in [3.05, 3.63) is 23.3 Å². The largest absolute Gasteiger partial charge is 0.504 e. The number of carbonyl (C=O) groups excluding carboxylic acids is 1. The van der Waals surface area contributed by atoms with Gasteiger partial charge in [-0.05, 0) is 23.1 Å². The summed E-state index contributed by atoms with van der Waals surface area (Å²) in [5.74, 6) is -1.12. The zero-order valence-corrected chi connectivity index (χ0v) is 11.5. The van der Waals surface area contributed by atoms with E-state index in [1.165, 1.54) is 7.11 Å². The number of aromatic hydroxyl groups is 1. The Labute approximate surface area is 112 Å². The highest BCUT2D eigenvalue weighted by atomic mass is 16.5. The Bertz CT molecular complexity index is 519. The van der Waals surface area contributed by atoms with E-state index in [0.717, 1.165) is 5.56 Å². The molecule has 0 bridgehead atoms. The number of nitrogens with one attached hydrogen (secondary N) is 2. The summed E-state index contributed by atoms with van der Waals surface area (Å²) < 4.78 is 5.02. The third-order valence-corrected chi connectivity index (χ3v) is 2.63. The van der Waals surface area contributed by atoms with E-state index in [1.807, 2.05) is 20.8 Å². The molecule has 0 aliphatic rings. The lowest BCUT2D eigenvalue weighted by Gasteiger charge is -2.21.